The zero-order valence-electron chi connectivity index (χ0n) is 17.4. The van der Waals surface area contributed by atoms with Crippen molar-refractivity contribution in [3.05, 3.63) is 42.2 Å². The molecule has 2 nitrogen and oxygen atoms in total. The number of carbonyl (C=O) groups excluding carboxylic acids is 1. The smallest absolute Gasteiger partial charge is 0.314 e. The zero-order chi connectivity index (χ0) is 21.3. The van der Waals surface area contributed by atoms with Crippen molar-refractivity contribution in [2.24, 2.45) is 35.5 Å². The maximum atomic E-state index is 13.8. The van der Waals surface area contributed by atoms with Gasteiger partial charge in [-0.15, -0.1) is 6.58 Å². The molecule has 3 saturated carbocycles. The van der Waals surface area contributed by atoms with Crippen LogP contribution in [0.1, 0.15) is 64.2 Å². The predicted molar refractivity (Wildman–Crippen MR) is 109 cm³/mol. The summed E-state index contributed by atoms with van der Waals surface area (Å²) in [5.74, 6) is -1.92. The minimum absolute atomic E-state index is 0.298. The average molecular weight is 421 g/mol. The van der Waals surface area contributed by atoms with E-state index in [0.29, 0.717) is 11.8 Å². The van der Waals surface area contributed by atoms with E-state index in [1.165, 1.54) is 38.5 Å². The topological polar surface area (TPSA) is 26.3 Å². The largest absolute Gasteiger partial charge is 0.423 e. The van der Waals surface area contributed by atoms with E-state index in [0.717, 1.165) is 55.6 Å². The second-order valence-electron chi connectivity index (χ2n) is 9.61. The molecule has 5 heteroatoms. The lowest BCUT2D eigenvalue weighted by Crippen LogP contribution is -2.35. The van der Waals surface area contributed by atoms with Crippen LogP contribution in [0.2, 0.25) is 0 Å². The van der Waals surface area contributed by atoms with Gasteiger partial charge in [0, 0.05) is 0 Å². The van der Waals surface area contributed by atoms with E-state index >= 15 is 0 Å². The molecule has 0 amide bonds. The van der Waals surface area contributed by atoms with E-state index in [1.54, 1.807) is 0 Å². The lowest BCUT2D eigenvalue weighted by Gasteiger charge is -2.45. The Bertz CT molecular complexity index is 785. The van der Waals surface area contributed by atoms with Crippen LogP contribution in [-0.2, 0) is 4.79 Å². The molecule has 0 aliphatic heterocycles. The van der Waals surface area contributed by atoms with Crippen molar-refractivity contribution in [1.29, 1.82) is 0 Å². The minimum atomic E-state index is -1.61. The van der Waals surface area contributed by atoms with Crippen molar-refractivity contribution in [2.45, 2.75) is 64.2 Å². The standard InChI is InChI=1S/C25H31F3O2/c1-2-15-3-4-20-14-19(10-9-18(20)13-15)16-5-7-17(8-6-16)25(29)30-22-12-11-21(26)23(27)24(22)28/h2,11-12,15-20H,1,3-10,13-14H2. The fourth-order valence-electron chi connectivity index (χ4n) is 6.21. The third-order valence-corrected chi connectivity index (χ3v) is 8.01. The lowest BCUT2D eigenvalue weighted by atomic mass is 9.61. The monoisotopic (exact) mass is 420 g/mol. The maximum Gasteiger partial charge on any atom is 0.314 e. The van der Waals surface area contributed by atoms with Crippen LogP contribution >= 0.6 is 0 Å². The van der Waals surface area contributed by atoms with Gasteiger partial charge in [0.1, 0.15) is 0 Å². The number of halogens is 3. The zero-order valence-corrected chi connectivity index (χ0v) is 17.4. The van der Waals surface area contributed by atoms with Gasteiger partial charge in [0.2, 0.25) is 5.82 Å². The molecule has 0 N–H and O–H groups in total. The Hall–Kier alpha value is -1.78. The summed E-state index contributed by atoms with van der Waals surface area (Å²) in [7, 11) is 0. The number of fused-ring (bicyclic) bond motifs is 1. The average Bonchev–Trinajstić information content (AvgIpc) is 2.78. The molecular formula is C25H31F3O2. The third kappa shape index (κ3) is 4.45. The van der Waals surface area contributed by atoms with Crippen LogP contribution < -0.4 is 4.74 Å². The Morgan fingerprint density at radius 1 is 0.833 bits per heavy atom. The van der Waals surface area contributed by atoms with Crippen LogP contribution in [0, 0.1) is 53.0 Å². The van der Waals surface area contributed by atoms with Crippen molar-refractivity contribution in [3.63, 3.8) is 0 Å². The van der Waals surface area contributed by atoms with Gasteiger partial charge < -0.3 is 4.74 Å². The first-order chi connectivity index (χ1) is 14.5. The SMILES string of the molecule is C=CC1CCC2CC(C3CCC(C(=O)Oc4ccc(F)c(F)c4F)CC3)CCC2C1. The lowest BCUT2D eigenvalue weighted by molar-refractivity contribution is -0.140. The highest BCUT2D eigenvalue weighted by molar-refractivity contribution is 5.75. The molecule has 0 saturated heterocycles. The molecule has 1 aromatic rings. The molecule has 30 heavy (non-hydrogen) atoms. The Labute approximate surface area is 176 Å². The van der Waals surface area contributed by atoms with Gasteiger partial charge in [-0.1, -0.05) is 6.08 Å². The van der Waals surface area contributed by atoms with E-state index in [1.807, 2.05) is 0 Å². The summed E-state index contributed by atoms with van der Waals surface area (Å²) in [6, 6.07) is 1.74. The number of esters is 1. The van der Waals surface area contributed by atoms with E-state index in [2.05, 4.69) is 12.7 Å². The highest BCUT2D eigenvalue weighted by Crippen LogP contribution is 2.49. The molecule has 3 aliphatic rings. The molecule has 4 rings (SSSR count). The van der Waals surface area contributed by atoms with Gasteiger partial charge in [0.05, 0.1) is 5.92 Å². The van der Waals surface area contributed by atoms with Crippen molar-refractivity contribution < 1.29 is 22.7 Å². The van der Waals surface area contributed by atoms with Crippen molar-refractivity contribution in [3.8, 4) is 5.75 Å². The van der Waals surface area contributed by atoms with Crippen LogP contribution in [-0.4, -0.2) is 5.97 Å². The number of hydrogen-bond donors (Lipinski definition) is 0. The summed E-state index contributed by atoms with van der Waals surface area (Å²) in [6.45, 7) is 3.98. The Morgan fingerprint density at radius 3 is 2.13 bits per heavy atom. The first kappa shape index (κ1) is 21.5. The predicted octanol–water partition coefficient (Wildman–Crippen LogP) is 6.83. The summed E-state index contributed by atoms with van der Waals surface area (Å²) < 4.78 is 45.3. The van der Waals surface area contributed by atoms with Gasteiger partial charge in [-0.2, -0.15) is 4.39 Å². The number of carbonyl (C=O) groups is 1. The molecule has 0 bridgehead atoms. The van der Waals surface area contributed by atoms with Crippen LogP contribution in [0.25, 0.3) is 0 Å². The second kappa shape index (κ2) is 9.15. The molecule has 0 spiro atoms. The fraction of sp³-hybridized carbons (Fsp3) is 0.640. The molecule has 4 atom stereocenters. The molecule has 4 unspecified atom stereocenters. The van der Waals surface area contributed by atoms with Crippen LogP contribution in [0.15, 0.2) is 24.8 Å². The quantitative estimate of drug-likeness (QED) is 0.231. The second-order valence-corrected chi connectivity index (χ2v) is 9.61. The van der Waals surface area contributed by atoms with Crippen LogP contribution in [0.5, 0.6) is 5.75 Å². The van der Waals surface area contributed by atoms with E-state index in [4.69, 9.17) is 4.74 Å². The molecule has 0 aromatic heterocycles. The number of hydrogen-bond acceptors (Lipinski definition) is 2. The number of rotatable bonds is 4. The van der Waals surface area contributed by atoms with E-state index < -0.39 is 29.2 Å². The number of benzene rings is 1. The normalized spacial score (nSPS) is 34.1. The van der Waals surface area contributed by atoms with Crippen LogP contribution in [0.3, 0.4) is 0 Å². The summed E-state index contributed by atoms with van der Waals surface area (Å²) in [6.07, 6.45) is 13.4. The highest BCUT2D eigenvalue weighted by atomic mass is 19.2. The summed E-state index contributed by atoms with van der Waals surface area (Å²) >= 11 is 0. The first-order valence-electron chi connectivity index (χ1n) is 11.4. The van der Waals surface area contributed by atoms with Gasteiger partial charge >= 0.3 is 5.97 Å². The molecule has 3 aliphatic carbocycles. The Balaban J connectivity index is 1.28. The van der Waals surface area contributed by atoms with Gasteiger partial charge in [0.15, 0.2) is 17.4 Å². The molecule has 0 radical (unpaired) electrons. The highest BCUT2D eigenvalue weighted by Gasteiger charge is 2.39. The van der Waals surface area contributed by atoms with Gasteiger partial charge in [-0.3, -0.25) is 4.79 Å². The third-order valence-electron chi connectivity index (χ3n) is 8.01. The molecule has 0 heterocycles. The van der Waals surface area contributed by atoms with Gasteiger partial charge in [0.25, 0.3) is 0 Å². The summed E-state index contributed by atoms with van der Waals surface area (Å²) in [5, 5.41) is 0. The van der Waals surface area contributed by atoms with Crippen molar-refractivity contribution >= 4 is 5.97 Å². The van der Waals surface area contributed by atoms with E-state index in [-0.39, 0.29) is 5.92 Å². The number of ether oxygens (including phenoxy) is 1. The van der Waals surface area contributed by atoms with Crippen molar-refractivity contribution in [1.82, 2.24) is 0 Å². The minimum Gasteiger partial charge on any atom is -0.423 e. The van der Waals surface area contributed by atoms with Crippen LogP contribution in [0.4, 0.5) is 13.2 Å². The first-order valence-corrected chi connectivity index (χ1v) is 11.4. The van der Waals surface area contributed by atoms with E-state index in [9.17, 15) is 18.0 Å². The molecular weight excluding hydrogens is 389 g/mol. The Morgan fingerprint density at radius 2 is 1.43 bits per heavy atom. The van der Waals surface area contributed by atoms with Crippen molar-refractivity contribution in [2.75, 3.05) is 0 Å². The van der Waals surface area contributed by atoms with Gasteiger partial charge in [-0.05, 0) is 106 Å². The summed E-state index contributed by atoms with van der Waals surface area (Å²) in [5.41, 5.74) is 0. The maximum absolute atomic E-state index is 13.8. The fourth-order valence-corrected chi connectivity index (χ4v) is 6.21. The molecule has 3 fully saturated rings. The summed E-state index contributed by atoms with van der Waals surface area (Å²) in [4.78, 5) is 12.4. The Kier molecular flexibility index (Phi) is 6.54. The molecule has 1 aromatic carbocycles. The number of allylic oxidation sites excluding steroid dienone is 1. The van der Waals surface area contributed by atoms with Gasteiger partial charge in [-0.25, -0.2) is 8.78 Å². The molecule has 164 valence electrons.